The number of nitrogens with zero attached hydrogens (tertiary/aromatic N) is 8. The summed E-state index contributed by atoms with van der Waals surface area (Å²) in [7, 11) is 1.62. The van der Waals surface area contributed by atoms with Crippen LogP contribution in [0.5, 0.6) is 11.5 Å². The lowest BCUT2D eigenvalue weighted by atomic mass is 9.99. The number of methoxy groups -OCH3 is 1. The van der Waals surface area contributed by atoms with Crippen LogP contribution in [-0.4, -0.2) is 72.9 Å². The van der Waals surface area contributed by atoms with E-state index < -0.39 is 12.1 Å². The molecule has 0 saturated heterocycles. The summed E-state index contributed by atoms with van der Waals surface area (Å²) in [6, 6.07) is 25.2. The van der Waals surface area contributed by atoms with Gasteiger partial charge in [-0.15, -0.1) is 20.4 Å². The number of benzene rings is 4. The Hall–Kier alpha value is -6.18. The normalized spacial score (nSPS) is 15.4. The quantitative estimate of drug-likeness (QED) is 0.115. The van der Waals surface area contributed by atoms with Gasteiger partial charge in [-0.1, -0.05) is 54.4 Å². The molecule has 59 heavy (non-hydrogen) atoms. The number of aryl methyl sites for hydroxylation is 2. The van der Waals surface area contributed by atoms with Crippen LogP contribution in [0.4, 0.5) is 0 Å². The molecule has 6 aromatic rings. The molecule has 0 radical (unpaired) electrons. The second-order valence-electron chi connectivity index (χ2n) is 14.3. The molecule has 1 N–H and O–H groups in total. The van der Waals surface area contributed by atoms with E-state index >= 15 is 0 Å². The topological polar surface area (TPSA) is 151 Å². The number of carbonyl (C=O) groups excluding carboxylic acids is 2. The summed E-state index contributed by atoms with van der Waals surface area (Å²) in [5.74, 6) is 3.61. The number of rotatable bonds is 13. The van der Waals surface area contributed by atoms with E-state index in [4.69, 9.17) is 42.7 Å². The minimum Gasteiger partial charge on any atom is -0.497 e. The number of Topliss-reactive ketones (excluding diaryl/α,β-unsaturated/α-hetero) is 1. The molecule has 4 aromatic carbocycles. The molecule has 0 spiro atoms. The van der Waals surface area contributed by atoms with E-state index in [1.54, 1.807) is 7.11 Å². The summed E-state index contributed by atoms with van der Waals surface area (Å²) in [6.45, 7) is 6.16. The Morgan fingerprint density at radius 2 is 1.20 bits per heavy atom. The molecule has 300 valence electrons. The predicted molar refractivity (Wildman–Crippen MR) is 226 cm³/mol. The molecular weight excluding hydrogens is 789 g/mol. The molecule has 2 atom stereocenters. The SMILES string of the molecule is CCCC(=O)C[C@@H]1N=C(c2ccc(Cl)cc2)c2cc(OCCNC(=O)C[C@@H]3N=C(c4ccc(Cl)cc4)c4cc(OC)ccc4-n4c(C)nnc43)ccc2-n2c(C)nnc21. The van der Waals surface area contributed by atoms with Crippen molar-refractivity contribution < 1.29 is 19.1 Å². The Kier molecular flexibility index (Phi) is 11.4. The van der Waals surface area contributed by atoms with Crippen molar-refractivity contribution >= 4 is 46.3 Å². The van der Waals surface area contributed by atoms with Crippen molar-refractivity contribution in [2.75, 3.05) is 20.3 Å². The maximum atomic E-state index is 13.6. The summed E-state index contributed by atoms with van der Waals surface area (Å²) in [4.78, 5) is 36.9. The number of aliphatic imine (C=N–C) groups is 2. The first-order chi connectivity index (χ1) is 28.6. The molecule has 15 heteroatoms. The van der Waals surface area contributed by atoms with Crippen LogP contribution in [0, 0.1) is 13.8 Å². The predicted octanol–water partition coefficient (Wildman–Crippen LogP) is 7.91. The Balaban J connectivity index is 1.03. The second kappa shape index (κ2) is 17.0. The molecule has 2 aliphatic heterocycles. The molecule has 2 aromatic heterocycles. The average Bonchev–Trinajstić information content (AvgIpc) is 3.74. The van der Waals surface area contributed by atoms with Crippen LogP contribution >= 0.6 is 23.2 Å². The van der Waals surface area contributed by atoms with Gasteiger partial charge >= 0.3 is 0 Å². The zero-order valence-corrected chi connectivity index (χ0v) is 34.5. The van der Waals surface area contributed by atoms with Crippen LogP contribution in [0.1, 0.15) is 90.2 Å². The molecule has 8 rings (SSSR count). The highest BCUT2D eigenvalue weighted by Gasteiger charge is 2.32. The smallest absolute Gasteiger partial charge is 0.222 e. The van der Waals surface area contributed by atoms with E-state index in [-0.39, 0.29) is 37.7 Å². The van der Waals surface area contributed by atoms with Crippen LogP contribution in [-0.2, 0) is 9.59 Å². The number of amides is 1. The van der Waals surface area contributed by atoms with Gasteiger partial charge < -0.3 is 14.8 Å². The van der Waals surface area contributed by atoms with Crippen LogP contribution < -0.4 is 14.8 Å². The van der Waals surface area contributed by atoms with Gasteiger partial charge in [-0.2, -0.15) is 0 Å². The van der Waals surface area contributed by atoms with E-state index in [1.807, 2.05) is 115 Å². The molecular formula is C44H41Cl2N9O4. The van der Waals surface area contributed by atoms with Crippen molar-refractivity contribution in [3.05, 3.63) is 141 Å². The highest BCUT2D eigenvalue weighted by Crippen LogP contribution is 2.36. The fourth-order valence-electron chi connectivity index (χ4n) is 7.52. The summed E-state index contributed by atoms with van der Waals surface area (Å²) < 4.78 is 15.7. The van der Waals surface area contributed by atoms with Gasteiger partial charge in [0, 0.05) is 45.1 Å². The van der Waals surface area contributed by atoms with E-state index in [9.17, 15) is 9.59 Å². The van der Waals surface area contributed by atoms with Crippen molar-refractivity contribution in [2.45, 2.75) is 58.5 Å². The number of ether oxygens (including phenoxy) is 2. The maximum Gasteiger partial charge on any atom is 0.222 e. The standard InChI is InChI=1S/C44H41Cl2N9O4/c1-5-6-31(56)21-36-43-52-50-25(2)54(43)39-18-16-33(23-35(39)42(48-36)28-9-13-30(46)14-10-28)59-20-19-47-40(57)24-37-44-53-51-26(3)55(44)38-17-15-32(58-4)22-34(38)41(49-37)27-7-11-29(45)12-8-27/h7-18,22-23,36-37H,5-6,19-21,24H2,1-4H3,(H,47,57)/t36-,37-/m0/s1. The fraction of sp³-hybridized carbons (Fsp3) is 0.273. The Labute approximate surface area is 351 Å². The van der Waals surface area contributed by atoms with Gasteiger partial charge in [-0.25, -0.2) is 0 Å². The highest BCUT2D eigenvalue weighted by molar-refractivity contribution is 6.31. The number of hydrogen-bond donors (Lipinski definition) is 1. The number of fused-ring (bicyclic) bond motifs is 6. The second-order valence-corrected chi connectivity index (χ2v) is 15.2. The molecule has 0 bridgehead atoms. The van der Waals surface area contributed by atoms with Gasteiger partial charge in [0.15, 0.2) is 11.6 Å². The van der Waals surface area contributed by atoms with Gasteiger partial charge in [0.2, 0.25) is 5.91 Å². The van der Waals surface area contributed by atoms with E-state index in [1.165, 1.54) is 0 Å². The molecule has 4 heterocycles. The van der Waals surface area contributed by atoms with Gasteiger partial charge in [0.25, 0.3) is 0 Å². The highest BCUT2D eigenvalue weighted by atomic mass is 35.5. The molecule has 0 aliphatic carbocycles. The minimum absolute atomic E-state index is 0.0165. The summed E-state index contributed by atoms with van der Waals surface area (Å²) in [5, 5.41) is 21.9. The van der Waals surface area contributed by atoms with Crippen molar-refractivity contribution in [1.29, 1.82) is 0 Å². The third-order valence-corrected chi connectivity index (χ3v) is 10.8. The summed E-state index contributed by atoms with van der Waals surface area (Å²) in [6.07, 6.45) is 1.43. The number of aromatic nitrogens is 6. The van der Waals surface area contributed by atoms with Crippen LogP contribution in [0.25, 0.3) is 11.4 Å². The minimum atomic E-state index is -0.650. The van der Waals surface area contributed by atoms with Gasteiger partial charge in [0.1, 0.15) is 47.6 Å². The number of halogens is 2. The first kappa shape index (κ1) is 39.6. The molecule has 0 unspecified atom stereocenters. The van der Waals surface area contributed by atoms with Gasteiger partial charge in [0.05, 0.1) is 42.9 Å². The van der Waals surface area contributed by atoms with Crippen LogP contribution in [0.2, 0.25) is 10.0 Å². The number of carbonyl (C=O) groups is 2. The number of hydrogen-bond acceptors (Lipinski definition) is 10. The van der Waals surface area contributed by atoms with Crippen molar-refractivity contribution in [3.63, 3.8) is 0 Å². The molecule has 1 amide bonds. The Morgan fingerprint density at radius 3 is 1.73 bits per heavy atom. The van der Waals surface area contributed by atoms with Crippen molar-refractivity contribution in [3.8, 4) is 22.9 Å². The fourth-order valence-corrected chi connectivity index (χ4v) is 7.77. The third kappa shape index (κ3) is 8.12. The van der Waals surface area contributed by atoms with E-state index in [0.29, 0.717) is 62.7 Å². The lowest BCUT2D eigenvalue weighted by Crippen LogP contribution is -2.29. The monoisotopic (exact) mass is 829 g/mol. The van der Waals surface area contributed by atoms with Crippen LogP contribution in [0.3, 0.4) is 0 Å². The zero-order valence-electron chi connectivity index (χ0n) is 32.9. The Morgan fingerprint density at radius 1 is 0.695 bits per heavy atom. The number of nitrogens with one attached hydrogen (secondary N) is 1. The summed E-state index contributed by atoms with van der Waals surface area (Å²) in [5.41, 5.74) is 6.26. The largest absolute Gasteiger partial charge is 0.497 e. The Bertz CT molecular complexity index is 2620. The van der Waals surface area contributed by atoms with E-state index in [2.05, 4.69) is 25.7 Å². The van der Waals surface area contributed by atoms with Gasteiger partial charge in [-0.05, 0) is 80.9 Å². The van der Waals surface area contributed by atoms with Crippen molar-refractivity contribution in [1.82, 2.24) is 34.8 Å². The van der Waals surface area contributed by atoms with Gasteiger partial charge in [-0.3, -0.25) is 28.7 Å². The molecule has 2 aliphatic rings. The van der Waals surface area contributed by atoms with E-state index in [0.717, 1.165) is 40.0 Å². The molecule has 0 fully saturated rings. The lowest BCUT2D eigenvalue weighted by Gasteiger charge is -2.15. The third-order valence-electron chi connectivity index (χ3n) is 10.3. The average molecular weight is 831 g/mol. The van der Waals surface area contributed by atoms with Crippen LogP contribution in [0.15, 0.2) is 94.9 Å². The lowest BCUT2D eigenvalue weighted by molar-refractivity contribution is -0.121. The zero-order chi connectivity index (χ0) is 41.2. The maximum absolute atomic E-state index is 13.6. The molecule has 0 saturated carbocycles. The summed E-state index contributed by atoms with van der Waals surface area (Å²) >= 11 is 12.5. The van der Waals surface area contributed by atoms with Crippen molar-refractivity contribution in [2.24, 2.45) is 9.98 Å². The first-order valence-corrected chi connectivity index (χ1v) is 20.1. The number of ketones is 1. The molecule has 13 nitrogen and oxygen atoms in total. The first-order valence-electron chi connectivity index (χ1n) is 19.4.